The van der Waals surface area contributed by atoms with Crippen molar-refractivity contribution in [2.24, 2.45) is 10.7 Å². The third kappa shape index (κ3) is 3.55. The van der Waals surface area contributed by atoms with Gasteiger partial charge in [-0.15, -0.1) is 0 Å². The molecule has 0 atom stereocenters. The van der Waals surface area contributed by atoms with E-state index in [1.807, 2.05) is 18.2 Å². The first-order chi connectivity index (χ1) is 6.33. The molecule has 4 heteroatoms. The minimum Gasteiger partial charge on any atom is -0.368 e. The zero-order valence-electron chi connectivity index (χ0n) is 7.64. The summed E-state index contributed by atoms with van der Waals surface area (Å²) in [5.74, 6) is 0.343. The van der Waals surface area contributed by atoms with Gasteiger partial charge in [0, 0.05) is 31.9 Å². The van der Waals surface area contributed by atoms with Crippen molar-refractivity contribution < 1.29 is 0 Å². The van der Waals surface area contributed by atoms with Crippen molar-refractivity contribution in [1.29, 1.82) is 0 Å². The van der Waals surface area contributed by atoms with Crippen molar-refractivity contribution in [1.82, 2.24) is 10.3 Å². The molecule has 1 rings (SSSR count). The lowest BCUT2D eigenvalue weighted by atomic mass is 10.3. The van der Waals surface area contributed by atoms with Crippen LogP contribution >= 0.6 is 0 Å². The Bertz CT molecular complexity index is 268. The molecule has 69 valence electrons. The summed E-state index contributed by atoms with van der Waals surface area (Å²) in [5.41, 5.74) is 6.42. The fourth-order valence-electron chi connectivity index (χ4n) is 0.902. The zero-order chi connectivity index (χ0) is 9.52. The van der Waals surface area contributed by atoms with E-state index in [2.05, 4.69) is 15.3 Å². The lowest BCUT2D eigenvalue weighted by molar-refractivity contribution is 0.823. The van der Waals surface area contributed by atoms with Gasteiger partial charge in [-0.3, -0.25) is 15.3 Å². The maximum atomic E-state index is 5.40. The molecule has 1 heterocycles. The number of aromatic nitrogens is 1. The van der Waals surface area contributed by atoms with E-state index >= 15 is 0 Å². The first-order valence-electron chi connectivity index (χ1n) is 4.12. The Kier molecular flexibility index (Phi) is 3.75. The van der Waals surface area contributed by atoms with E-state index in [4.69, 9.17) is 5.73 Å². The van der Waals surface area contributed by atoms with E-state index in [0.29, 0.717) is 12.5 Å². The van der Waals surface area contributed by atoms with Crippen molar-refractivity contribution in [2.45, 2.75) is 6.42 Å². The molecule has 0 aliphatic rings. The molecule has 0 aliphatic carbocycles. The summed E-state index contributed by atoms with van der Waals surface area (Å²) < 4.78 is 0. The van der Waals surface area contributed by atoms with Gasteiger partial charge in [0.15, 0.2) is 0 Å². The molecule has 0 saturated heterocycles. The highest BCUT2D eigenvalue weighted by Crippen LogP contribution is 1.92. The van der Waals surface area contributed by atoms with E-state index in [0.717, 1.165) is 12.1 Å². The van der Waals surface area contributed by atoms with Gasteiger partial charge in [-0.2, -0.15) is 0 Å². The standard InChI is InChI=1S/C9H13N4/c1-11-9(10)13-7-5-8-4-2-3-6-12-8/h2-4,6H,5,7H2,1H3,(H2,10,11). The van der Waals surface area contributed by atoms with Crippen LogP contribution in [0.25, 0.3) is 0 Å². The molecule has 0 amide bonds. The molecule has 4 nitrogen and oxygen atoms in total. The van der Waals surface area contributed by atoms with Crippen molar-refractivity contribution in [3.63, 3.8) is 0 Å². The Hall–Kier alpha value is -1.58. The first-order valence-corrected chi connectivity index (χ1v) is 4.12. The fraction of sp³-hybridized carbons (Fsp3) is 0.333. The van der Waals surface area contributed by atoms with Crippen LogP contribution in [0.4, 0.5) is 0 Å². The molecule has 1 aromatic rings. The van der Waals surface area contributed by atoms with Gasteiger partial charge in [0.05, 0.1) is 0 Å². The number of hydrogen-bond donors (Lipinski definition) is 1. The van der Waals surface area contributed by atoms with Crippen LogP contribution in [0.5, 0.6) is 0 Å². The third-order valence-electron chi connectivity index (χ3n) is 1.60. The summed E-state index contributed by atoms with van der Waals surface area (Å²) in [6, 6.07) is 5.82. The lowest BCUT2D eigenvalue weighted by Crippen LogP contribution is -2.26. The number of rotatable bonds is 3. The van der Waals surface area contributed by atoms with Crippen molar-refractivity contribution in [2.75, 3.05) is 13.6 Å². The molecule has 0 fully saturated rings. The van der Waals surface area contributed by atoms with Crippen LogP contribution in [-0.2, 0) is 6.42 Å². The Balaban J connectivity index is 2.28. The molecule has 13 heavy (non-hydrogen) atoms. The molecule has 1 aromatic heterocycles. The summed E-state index contributed by atoms with van der Waals surface area (Å²) in [7, 11) is 1.62. The van der Waals surface area contributed by atoms with Gasteiger partial charge in [0.2, 0.25) is 5.96 Å². The van der Waals surface area contributed by atoms with Gasteiger partial charge in [0.1, 0.15) is 0 Å². The minimum absolute atomic E-state index is 0.343. The number of nitrogens with two attached hydrogens (primary N) is 1. The molecule has 0 unspecified atom stereocenters. The minimum atomic E-state index is 0.343. The highest BCUT2D eigenvalue weighted by Gasteiger charge is 1.94. The number of pyridine rings is 1. The van der Waals surface area contributed by atoms with Crippen LogP contribution in [0.2, 0.25) is 0 Å². The number of nitrogens with zero attached hydrogens (tertiary/aromatic N) is 3. The van der Waals surface area contributed by atoms with Gasteiger partial charge in [-0.1, -0.05) is 6.07 Å². The van der Waals surface area contributed by atoms with E-state index < -0.39 is 0 Å². The maximum Gasteiger partial charge on any atom is 0.210 e. The number of hydrogen-bond acceptors (Lipinski definition) is 2. The molecule has 0 bridgehead atoms. The van der Waals surface area contributed by atoms with Crippen LogP contribution in [0, 0.1) is 0 Å². The highest BCUT2D eigenvalue weighted by atomic mass is 15.1. The predicted octanol–water partition coefficient (Wildman–Crippen LogP) is 0.173. The van der Waals surface area contributed by atoms with Gasteiger partial charge >= 0.3 is 0 Å². The molecule has 2 N–H and O–H groups in total. The number of aliphatic imine (C=N–C) groups is 1. The van der Waals surface area contributed by atoms with Crippen LogP contribution < -0.4 is 11.1 Å². The predicted molar refractivity (Wildman–Crippen MR) is 52.5 cm³/mol. The van der Waals surface area contributed by atoms with E-state index in [9.17, 15) is 0 Å². The summed E-state index contributed by atoms with van der Waals surface area (Å²) in [6.45, 7) is 0.639. The summed E-state index contributed by atoms with van der Waals surface area (Å²) >= 11 is 0. The lowest BCUT2D eigenvalue weighted by Gasteiger charge is -2.00. The normalized spacial score (nSPS) is 11.3. The summed E-state index contributed by atoms with van der Waals surface area (Å²) in [4.78, 5) is 7.89. The Labute approximate surface area is 77.9 Å². The Morgan fingerprint density at radius 1 is 1.54 bits per heavy atom. The molecule has 0 spiro atoms. The van der Waals surface area contributed by atoms with Crippen molar-refractivity contribution >= 4 is 5.96 Å². The van der Waals surface area contributed by atoms with E-state index in [1.165, 1.54) is 0 Å². The monoisotopic (exact) mass is 177 g/mol. The summed E-state index contributed by atoms with van der Waals surface area (Å²) in [5, 5.41) is 4.03. The average Bonchev–Trinajstić information content (AvgIpc) is 2.19. The molecule has 1 radical (unpaired) electrons. The fourth-order valence-corrected chi connectivity index (χ4v) is 0.902. The maximum absolute atomic E-state index is 5.40. The molecular weight excluding hydrogens is 164 g/mol. The average molecular weight is 177 g/mol. The Morgan fingerprint density at radius 2 is 2.38 bits per heavy atom. The molecule has 0 aromatic carbocycles. The SMILES string of the molecule is CN=C(N)[N]CCc1ccccn1. The van der Waals surface area contributed by atoms with Crippen LogP contribution in [0.3, 0.4) is 0 Å². The molecule has 0 aliphatic heterocycles. The highest BCUT2D eigenvalue weighted by molar-refractivity contribution is 5.77. The Morgan fingerprint density at radius 3 is 3.00 bits per heavy atom. The van der Waals surface area contributed by atoms with Crippen molar-refractivity contribution in [3.05, 3.63) is 30.1 Å². The second-order valence-corrected chi connectivity index (χ2v) is 2.53. The van der Waals surface area contributed by atoms with Crippen LogP contribution in [0.15, 0.2) is 29.4 Å². The number of guanidine groups is 1. The van der Waals surface area contributed by atoms with E-state index in [1.54, 1.807) is 13.2 Å². The molecule has 0 saturated carbocycles. The topological polar surface area (TPSA) is 65.4 Å². The second-order valence-electron chi connectivity index (χ2n) is 2.53. The smallest absolute Gasteiger partial charge is 0.210 e. The zero-order valence-corrected chi connectivity index (χ0v) is 7.64. The third-order valence-corrected chi connectivity index (χ3v) is 1.60. The van der Waals surface area contributed by atoms with Gasteiger partial charge in [-0.25, -0.2) is 0 Å². The summed E-state index contributed by atoms with van der Waals surface area (Å²) in [6.07, 6.45) is 2.57. The quantitative estimate of drug-likeness (QED) is 0.528. The van der Waals surface area contributed by atoms with Crippen LogP contribution in [0.1, 0.15) is 5.69 Å². The molecular formula is C9H13N4. The van der Waals surface area contributed by atoms with E-state index in [-0.39, 0.29) is 0 Å². The van der Waals surface area contributed by atoms with Gasteiger partial charge in [-0.05, 0) is 12.1 Å². The largest absolute Gasteiger partial charge is 0.368 e. The first kappa shape index (κ1) is 9.51. The van der Waals surface area contributed by atoms with Gasteiger partial charge < -0.3 is 5.73 Å². The second kappa shape index (κ2) is 5.13. The van der Waals surface area contributed by atoms with Crippen molar-refractivity contribution in [3.8, 4) is 0 Å². The van der Waals surface area contributed by atoms with Gasteiger partial charge in [0.25, 0.3) is 0 Å². The van der Waals surface area contributed by atoms with Crippen LogP contribution in [-0.4, -0.2) is 24.5 Å².